The van der Waals surface area contributed by atoms with Crippen molar-refractivity contribution in [1.82, 2.24) is 0 Å². The van der Waals surface area contributed by atoms with Gasteiger partial charge in [-0.3, -0.25) is 0 Å². The highest BCUT2D eigenvalue weighted by Gasteiger charge is 2.49. The molecular weight excluding hydrogens is 462 g/mol. The summed E-state index contributed by atoms with van der Waals surface area (Å²) < 4.78 is 6.43. The van der Waals surface area contributed by atoms with E-state index in [1.807, 2.05) is 6.07 Å². The molecule has 5 rings (SSSR count). The van der Waals surface area contributed by atoms with E-state index in [0.717, 1.165) is 61.7 Å². The smallest absolute Gasteiger partial charge is 0.335 e. The van der Waals surface area contributed by atoms with E-state index in [0.29, 0.717) is 18.9 Å². The van der Waals surface area contributed by atoms with Gasteiger partial charge in [-0.2, -0.15) is 0 Å². The Hall–Kier alpha value is -2.50. The quantitative estimate of drug-likeness (QED) is 0.491. The molecule has 1 aliphatic heterocycles. The average Bonchev–Trinajstić information content (AvgIpc) is 2.98. The van der Waals surface area contributed by atoms with Crippen LogP contribution in [0.2, 0.25) is 5.02 Å². The van der Waals surface area contributed by atoms with E-state index in [1.54, 1.807) is 24.3 Å². The average molecular weight is 496 g/mol. The van der Waals surface area contributed by atoms with Crippen molar-refractivity contribution in [1.29, 1.82) is 0 Å². The van der Waals surface area contributed by atoms with Crippen molar-refractivity contribution in [2.45, 2.75) is 57.0 Å². The summed E-state index contributed by atoms with van der Waals surface area (Å²) in [5, 5.41) is 21.3. The van der Waals surface area contributed by atoms with Crippen molar-refractivity contribution in [3.63, 3.8) is 0 Å². The zero-order chi connectivity index (χ0) is 24.8. The molecule has 1 fully saturated rings. The van der Waals surface area contributed by atoms with Crippen LogP contribution in [0.25, 0.3) is 0 Å². The van der Waals surface area contributed by atoms with Crippen LogP contribution in [0.4, 0.5) is 5.69 Å². The van der Waals surface area contributed by atoms with E-state index in [4.69, 9.17) is 16.3 Å². The van der Waals surface area contributed by atoms with E-state index in [-0.39, 0.29) is 16.4 Å². The Morgan fingerprint density at radius 1 is 1.31 bits per heavy atom. The first kappa shape index (κ1) is 24.2. The fourth-order valence-electron chi connectivity index (χ4n) is 6.48. The number of aryl methyl sites for hydroxylation is 1. The molecule has 1 spiro atoms. The molecule has 1 saturated carbocycles. The summed E-state index contributed by atoms with van der Waals surface area (Å²) in [5.74, 6) is 0.0714. The largest absolute Gasteiger partial charge is 0.490 e. The third-order valence-electron chi connectivity index (χ3n) is 8.84. The van der Waals surface area contributed by atoms with E-state index < -0.39 is 12.1 Å². The first-order chi connectivity index (χ1) is 16.8. The maximum Gasteiger partial charge on any atom is 0.335 e. The molecule has 5 nitrogen and oxygen atoms in total. The highest BCUT2D eigenvalue weighted by molar-refractivity contribution is 6.30. The molecular formula is C29H34ClNO4. The Bertz CT molecular complexity index is 1150. The lowest BCUT2D eigenvalue weighted by Gasteiger charge is -2.52. The minimum absolute atomic E-state index is 0.183. The number of nitrogens with zero attached hydrogens (tertiary/aromatic N) is 1. The second-order valence-corrected chi connectivity index (χ2v) is 11.3. The van der Waals surface area contributed by atoms with Gasteiger partial charge in [-0.25, -0.2) is 4.79 Å². The third kappa shape index (κ3) is 4.23. The van der Waals surface area contributed by atoms with Gasteiger partial charge < -0.3 is 19.8 Å². The van der Waals surface area contributed by atoms with Gasteiger partial charge in [-0.15, -0.1) is 6.58 Å². The molecule has 2 N–H and O–H groups in total. The molecule has 3 aliphatic rings. The first-order valence-corrected chi connectivity index (χ1v) is 13.0. The molecule has 0 bridgehead atoms. The predicted molar refractivity (Wildman–Crippen MR) is 139 cm³/mol. The summed E-state index contributed by atoms with van der Waals surface area (Å²) in [5.41, 5.74) is 3.26. The molecule has 0 unspecified atom stereocenters. The minimum Gasteiger partial charge on any atom is -0.490 e. The topological polar surface area (TPSA) is 70.0 Å². The second-order valence-electron chi connectivity index (χ2n) is 10.9. The lowest BCUT2D eigenvalue weighted by molar-refractivity contribution is -0.0695. The third-order valence-corrected chi connectivity index (χ3v) is 9.08. The molecule has 0 amide bonds. The van der Waals surface area contributed by atoms with E-state index >= 15 is 0 Å². The second kappa shape index (κ2) is 9.18. The maximum absolute atomic E-state index is 11.8. The predicted octanol–water partition coefficient (Wildman–Crippen LogP) is 5.86. The van der Waals surface area contributed by atoms with Crippen LogP contribution >= 0.6 is 11.6 Å². The molecule has 0 radical (unpaired) electrons. The summed E-state index contributed by atoms with van der Waals surface area (Å²) in [4.78, 5) is 14.1. The molecule has 0 aromatic heterocycles. The molecule has 2 aromatic rings. The normalized spacial score (nSPS) is 28.2. The zero-order valence-electron chi connectivity index (χ0n) is 20.3. The van der Waals surface area contributed by atoms with Crippen LogP contribution < -0.4 is 9.64 Å². The van der Waals surface area contributed by atoms with Crippen molar-refractivity contribution < 1.29 is 19.7 Å². The first-order valence-electron chi connectivity index (χ1n) is 12.6. The number of ether oxygens (including phenoxy) is 1. The summed E-state index contributed by atoms with van der Waals surface area (Å²) in [6.07, 6.45) is 7.01. The number of halogens is 1. The molecule has 186 valence electrons. The number of aromatic carboxylic acids is 1. The number of anilines is 1. The van der Waals surface area contributed by atoms with Gasteiger partial charge in [0.15, 0.2) is 0 Å². The number of aliphatic hydroxyl groups excluding tert-OH is 1. The van der Waals surface area contributed by atoms with Crippen LogP contribution in [-0.4, -0.2) is 42.0 Å². The van der Waals surface area contributed by atoms with E-state index in [1.165, 1.54) is 11.1 Å². The molecule has 1 heterocycles. The molecule has 2 aromatic carbocycles. The van der Waals surface area contributed by atoms with Crippen molar-refractivity contribution in [3.05, 3.63) is 70.8 Å². The lowest BCUT2D eigenvalue weighted by Crippen LogP contribution is -2.53. The molecule has 4 atom stereocenters. The van der Waals surface area contributed by atoms with Crippen LogP contribution in [0.1, 0.15) is 60.5 Å². The Morgan fingerprint density at radius 2 is 2.14 bits per heavy atom. The highest BCUT2D eigenvalue weighted by atomic mass is 35.5. The number of rotatable bonds is 6. The number of carbonyl (C=O) groups is 1. The Labute approximate surface area is 212 Å². The van der Waals surface area contributed by atoms with Crippen molar-refractivity contribution in [2.24, 2.45) is 11.3 Å². The number of carboxylic acids is 1. The fraction of sp³-hybridized carbons (Fsp3) is 0.483. The Kier molecular flexibility index (Phi) is 6.35. The van der Waals surface area contributed by atoms with Gasteiger partial charge in [-0.1, -0.05) is 30.7 Å². The monoisotopic (exact) mass is 495 g/mol. The number of hydrogen-bond acceptors (Lipinski definition) is 4. The van der Waals surface area contributed by atoms with Crippen molar-refractivity contribution in [2.75, 3.05) is 24.6 Å². The Morgan fingerprint density at radius 3 is 2.86 bits per heavy atom. The van der Waals surface area contributed by atoms with Crippen LogP contribution in [0.3, 0.4) is 0 Å². The van der Waals surface area contributed by atoms with Gasteiger partial charge in [0.25, 0.3) is 0 Å². The Balaban J connectivity index is 1.55. The van der Waals surface area contributed by atoms with Crippen LogP contribution in [-0.2, 0) is 11.8 Å². The van der Waals surface area contributed by atoms with Gasteiger partial charge in [-0.05, 0) is 91.3 Å². The summed E-state index contributed by atoms with van der Waals surface area (Å²) in [6, 6.07) is 11.4. The standard InChI is InChI=1S/C29H34ClNO4/c1-3-5-26(32)28(2)13-11-21(28)16-31-17-29(12-4-6-19-14-22(30)8-9-23(19)29)18-35-25-10-7-20(27(33)34)15-24(25)31/h3,7-10,14-15,21,26,32H,1,4-6,11-13,16-18H2,2H3,(H,33,34)/t21-,26-,28+,29+/m1/s1. The van der Waals surface area contributed by atoms with Crippen LogP contribution in [0.15, 0.2) is 49.1 Å². The summed E-state index contributed by atoms with van der Waals surface area (Å²) >= 11 is 6.34. The number of benzene rings is 2. The number of fused-ring (bicyclic) bond motifs is 3. The number of carboxylic acid groups (broad SMARTS) is 1. The molecule has 0 saturated heterocycles. The molecule has 2 aliphatic carbocycles. The SMILES string of the molecule is C=CC[C@@H](O)[C@@]1(C)CC[C@@H]1CN1C[C@@]2(CCCc3cc(Cl)ccc32)COc2ccc(C(=O)O)cc21. The van der Waals surface area contributed by atoms with Crippen LogP contribution in [0, 0.1) is 11.3 Å². The van der Waals surface area contributed by atoms with Gasteiger partial charge >= 0.3 is 5.97 Å². The minimum atomic E-state index is -0.945. The zero-order valence-corrected chi connectivity index (χ0v) is 21.1. The van der Waals surface area contributed by atoms with Gasteiger partial charge in [0.05, 0.1) is 24.0 Å². The van der Waals surface area contributed by atoms with Crippen molar-refractivity contribution in [3.8, 4) is 5.75 Å². The van der Waals surface area contributed by atoms with Gasteiger partial charge in [0.1, 0.15) is 5.75 Å². The highest BCUT2D eigenvalue weighted by Crippen LogP contribution is 2.52. The fourth-order valence-corrected chi connectivity index (χ4v) is 6.68. The van der Waals surface area contributed by atoms with E-state index in [9.17, 15) is 15.0 Å². The van der Waals surface area contributed by atoms with Gasteiger partial charge in [0, 0.05) is 23.5 Å². The number of aliphatic hydroxyl groups is 1. The maximum atomic E-state index is 11.8. The molecule has 6 heteroatoms. The molecule has 35 heavy (non-hydrogen) atoms. The summed E-state index contributed by atoms with van der Waals surface area (Å²) in [7, 11) is 0. The van der Waals surface area contributed by atoms with E-state index in [2.05, 4.69) is 30.5 Å². The van der Waals surface area contributed by atoms with Crippen LogP contribution in [0.5, 0.6) is 5.75 Å². The summed E-state index contributed by atoms with van der Waals surface area (Å²) in [6.45, 7) is 8.01. The van der Waals surface area contributed by atoms with Gasteiger partial charge in [0.2, 0.25) is 0 Å². The lowest BCUT2D eigenvalue weighted by atomic mass is 9.57. The van der Waals surface area contributed by atoms with Crippen molar-refractivity contribution >= 4 is 23.3 Å². The number of hydrogen-bond donors (Lipinski definition) is 2.